The van der Waals surface area contributed by atoms with Gasteiger partial charge in [-0.05, 0) is 57.0 Å². The number of carbonyl (C=O) groups is 3. The molecule has 1 aromatic carbocycles. The Balaban J connectivity index is 0.000000338. The van der Waals surface area contributed by atoms with Crippen molar-refractivity contribution in [3.8, 4) is 5.75 Å². The van der Waals surface area contributed by atoms with Crippen LogP contribution in [-0.4, -0.2) is 102 Å². The summed E-state index contributed by atoms with van der Waals surface area (Å²) in [5, 5.41) is 43.9. The lowest BCUT2D eigenvalue weighted by atomic mass is 9.57. The Morgan fingerprint density at radius 2 is 1.52 bits per heavy atom. The van der Waals surface area contributed by atoms with Crippen molar-refractivity contribution in [1.29, 1.82) is 0 Å². The number of rotatable bonds is 15. The molecule has 15 heteroatoms. The predicted molar refractivity (Wildman–Crippen MR) is 188 cm³/mol. The Hall–Kier alpha value is -3.50. The number of nitrogens with two attached hydrogens (primary N) is 1. The number of hydrogen-bond acceptors (Lipinski definition) is 12. The van der Waals surface area contributed by atoms with Gasteiger partial charge in [0.2, 0.25) is 5.78 Å². The molecule has 0 heterocycles. The summed E-state index contributed by atoms with van der Waals surface area (Å²) in [7, 11) is 2.51. The number of unbranched alkanes of at least 4 members (excludes halogenated alkanes) is 9. The number of carbonyl (C=O) groups excluding carboxylic acids is 3. The smallest absolute Gasteiger partial charge is 0.397 e. The summed E-state index contributed by atoms with van der Waals surface area (Å²) < 4.78 is 33.0. The lowest BCUT2D eigenvalue weighted by Gasteiger charge is -2.50. The van der Waals surface area contributed by atoms with Crippen LogP contribution in [0, 0.1) is 11.8 Å². The number of amides is 1. The fourth-order valence-electron chi connectivity index (χ4n) is 7.40. The van der Waals surface area contributed by atoms with Crippen LogP contribution in [0.4, 0.5) is 5.69 Å². The standard InChI is InChI=1S/C23H27N3O7.C12H26O4S/c1-25(2)12-5-6-13(27)15-10(12)7-9-8-11-17(26(3)4)19(29)16(22(24)32)21(31)23(11,33)20(30)14(9)18(15)28;1-2-3-4-5-6-7-8-9-10-11-12-16-17(13,14)15/h5-6,9,11,17,27-28,31,33H,7-8H2,1-4H3,(H2,24,32);2-12H2,1H3,(H,13,14,15)/t9-,11-,17-,23-;/m0./s1. The maximum atomic E-state index is 13.7. The van der Waals surface area contributed by atoms with E-state index in [2.05, 4.69) is 11.1 Å². The first-order valence-electron chi connectivity index (χ1n) is 17.2. The lowest BCUT2D eigenvalue weighted by molar-refractivity contribution is -0.153. The number of primary amides is 1. The minimum atomic E-state index is -4.23. The number of phenols is 1. The van der Waals surface area contributed by atoms with Crippen molar-refractivity contribution in [2.75, 3.05) is 39.7 Å². The molecule has 3 aliphatic carbocycles. The van der Waals surface area contributed by atoms with Gasteiger partial charge in [0.25, 0.3) is 5.91 Å². The third kappa shape index (κ3) is 8.86. The molecule has 14 nitrogen and oxygen atoms in total. The molecule has 7 N–H and O–H groups in total. The molecule has 1 aromatic rings. The lowest BCUT2D eigenvalue weighted by Crippen LogP contribution is -2.65. The number of aliphatic hydroxyl groups is 3. The zero-order chi connectivity index (χ0) is 37.6. The molecular formula is C35H53N3O11S. The van der Waals surface area contributed by atoms with Gasteiger partial charge >= 0.3 is 10.4 Å². The summed E-state index contributed by atoms with van der Waals surface area (Å²) in [5.41, 5.74) is 3.15. The Kier molecular flexibility index (Phi) is 14.0. The second-order valence-corrected chi connectivity index (χ2v) is 14.8. The third-order valence-corrected chi connectivity index (χ3v) is 10.3. The number of fused-ring (bicyclic) bond motifs is 3. The maximum absolute atomic E-state index is 13.7. The summed E-state index contributed by atoms with van der Waals surface area (Å²) in [5.74, 6) is -6.54. The number of Topliss-reactive ketones (excluding diaryl/α,β-unsaturated/α-hetero) is 2. The number of nitrogens with zero attached hydrogens (tertiary/aromatic N) is 2. The van der Waals surface area contributed by atoms with E-state index in [0.29, 0.717) is 12.0 Å². The van der Waals surface area contributed by atoms with Crippen LogP contribution in [0.15, 0.2) is 29.0 Å². The molecule has 50 heavy (non-hydrogen) atoms. The normalized spacial score (nSPS) is 23.2. The second kappa shape index (κ2) is 17.1. The van der Waals surface area contributed by atoms with E-state index in [1.807, 2.05) is 19.0 Å². The molecule has 0 unspecified atom stereocenters. The molecule has 1 saturated carbocycles. The molecule has 0 bridgehead atoms. The van der Waals surface area contributed by atoms with Crippen LogP contribution in [0.25, 0.3) is 5.76 Å². The fraction of sp³-hybridized carbons (Fsp3) is 0.629. The van der Waals surface area contributed by atoms with Gasteiger partial charge in [-0.1, -0.05) is 64.7 Å². The molecular weight excluding hydrogens is 670 g/mol. The highest BCUT2D eigenvalue weighted by atomic mass is 32.3. The fourth-order valence-corrected chi connectivity index (χ4v) is 7.73. The van der Waals surface area contributed by atoms with E-state index < -0.39 is 68.4 Å². The first kappa shape index (κ1) is 40.9. The van der Waals surface area contributed by atoms with Crippen LogP contribution in [0.5, 0.6) is 5.75 Å². The average Bonchev–Trinajstić information content (AvgIpc) is 3.01. The zero-order valence-corrected chi connectivity index (χ0v) is 30.5. The minimum absolute atomic E-state index is 0.0638. The second-order valence-electron chi connectivity index (χ2n) is 13.7. The van der Waals surface area contributed by atoms with Gasteiger partial charge in [0, 0.05) is 31.3 Å². The van der Waals surface area contributed by atoms with Gasteiger partial charge in [-0.25, -0.2) is 4.18 Å². The topological polar surface area (TPSA) is 228 Å². The average molecular weight is 724 g/mol. The summed E-state index contributed by atoms with van der Waals surface area (Å²) in [6.07, 6.45) is 12.2. The molecule has 0 radical (unpaired) electrons. The van der Waals surface area contributed by atoms with Gasteiger partial charge in [0.1, 0.15) is 22.8 Å². The van der Waals surface area contributed by atoms with Gasteiger partial charge in [-0.3, -0.25) is 23.8 Å². The van der Waals surface area contributed by atoms with Gasteiger partial charge in [0.05, 0.1) is 18.2 Å². The van der Waals surface area contributed by atoms with Crippen molar-refractivity contribution in [2.45, 2.75) is 95.6 Å². The summed E-state index contributed by atoms with van der Waals surface area (Å²) >= 11 is 0. The van der Waals surface area contributed by atoms with Gasteiger partial charge < -0.3 is 31.1 Å². The van der Waals surface area contributed by atoms with Crippen LogP contribution >= 0.6 is 0 Å². The van der Waals surface area contributed by atoms with Crippen LogP contribution < -0.4 is 10.6 Å². The van der Waals surface area contributed by atoms with E-state index in [-0.39, 0.29) is 36.3 Å². The third-order valence-electron chi connectivity index (χ3n) is 9.79. The van der Waals surface area contributed by atoms with Gasteiger partial charge in [0.15, 0.2) is 11.4 Å². The molecule has 4 atom stereocenters. The number of aliphatic hydroxyl groups excluding tert-OH is 2. The number of anilines is 1. The molecule has 0 aromatic heterocycles. The van der Waals surface area contributed by atoms with Crippen LogP contribution in [-0.2, 0) is 35.4 Å². The van der Waals surface area contributed by atoms with Crippen LogP contribution in [0.2, 0.25) is 0 Å². The van der Waals surface area contributed by atoms with Crippen molar-refractivity contribution in [1.82, 2.24) is 4.90 Å². The Morgan fingerprint density at radius 1 is 0.960 bits per heavy atom. The number of benzene rings is 1. The number of likely N-dealkylation sites (N-methyl/N-ethyl adjacent to an activating group) is 1. The molecule has 3 aliphatic rings. The maximum Gasteiger partial charge on any atom is 0.397 e. The van der Waals surface area contributed by atoms with E-state index in [1.54, 1.807) is 20.2 Å². The highest BCUT2D eigenvalue weighted by molar-refractivity contribution is 7.80. The Bertz CT molecular complexity index is 1600. The predicted octanol–water partition coefficient (Wildman–Crippen LogP) is 3.76. The van der Waals surface area contributed by atoms with E-state index >= 15 is 0 Å². The molecule has 1 fully saturated rings. The van der Waals surface area contributed by atoms with Crippen molar-refractivity contribution >= 4 is 39.3 Å². The first-order valence-corrected chi connectivity index (χ1v) is 18.5. The van der Waals surface area contributed by atoms with E-state index in [0.717, 1.165) is 18.5 Å². The highest BCUT2D eigenvalue weighted by Gasteiger charge is 2.64. The SMILES string of the molecule is CCCCCCCCCCCCOS(=O)(=O)O.CN(C)c1ccc(O)c2c1C[C@H]1C[C@H]3[C@H](N(C)C)C(=O)C(C(N)=O)=C(O)[C@@]3(O)C(=O)C1=C2O. The monoisotopic (exact) mass is 723 g/mol. The Morgan fingerprint density at radius 3 is 2.02 bits per heavy atom. The van der Waals surface area contributed by atoms with Crippen LogP contribution in [0.3, 0.4) is 0 Å². The Labute approximate surface area is 294 Å². The molecule has 0 saturated heterocycles. The summed E-state index contributed by atoms with van der Waals surface area (Å²) in [6.45, 7) is 2.31. The van der Waals surface area contributed by atoms with E-state index in [4.69, 9.17) is 10.3 Å². The van der Waals surface area contributed by atoms with Crippen molar-refractivity contribution in [3.63, 3.8) is 0 Å². The van der Waals surface area contributed by atoms with Crippen molar-refractivity contribution < 1.29 is 52.0 Å². The first-order chi connectivity index (χ1) is 23.4. The number of hydrogen-bond donors (Lipinski definition) is 6. The summed E-state index contributed by atoms with van der Waals surface area (Å²) in [4.78, 5) is 42.0. The largest absolute Gasteiger partial charge is 0.508 e. The summed E-state index contributed by atoms with van der Waals surface area (Å²) in [6, 6.07) is 2.01. The number of aromatic hydroxyl groups is 1. The van der Waals surface area contributed by atoms with Crippen molar-refractivity contribution in [3.05, 3.63) is 40.2 Å². The van der Waals surface area contributed by atoms with Crippen molar-refractivity contribution in [2.24, 2.45) is 17.6 Å². The van der Waals surface area contributed by atoms with Crippen LogP contribution in [0.1, 0.15) is 88.7 Å². The zero-order valence-electron chi connectivity index (χ0n) is 29.6. The van der Waals surface area contributed by atoms with E-state index in [9.17, 15) is 43.2 Å². The number of phenolic OH excluding ortho intramolecular Hbond substituents is 1. The van der Waals surface area contributed by atoms with Gasteiger partial charge in [-0.2, -0.15) is 8.42 Å². The van der Waals surface area contributed by atoms with E-state index in [1.165, 1.54) is 55.9 Å². The quantitative estimate of drug-likeness (QED) is 0.0862. The molecule has 4 rings (SSSR count). The molecule has 0 aliphatic heterocycles. The number of ketones is 2. The molecule has 1 amide bonds. The molecule has 280 valence electrons. The highest BCUT2D eigenvalue weighted by Crippen LogP contribution is 2.53. The minimum Gasteiger partial charge on any atom is -0.508 e. The van der Waals surface area contributed by atoms with Gasteiger partial charge in [-0.15, -0.1) is 0 Å². The molecule has 0 spiro atoms.